The van der Waals surface area contributed by atoms with Gasteiger partial charge in [0.15, 0.2) is 5.96 Å². The Morgan fingerprint density at radius 3 is 2.63 bits per heavy atom. The van der Waals surface area contributed by atoms with E-state index in [-0.39, 0.29) is 30.1 Å². The highest BCUT2D eigenvalue weighted by Crippen LogP contribution is 2.20. The van der Waals surface area contributed by atoms with Gasteiger partial charge in [0.25, 0.3) is 0 Å². The van der Waals surface area contributed by atoms with Crippen LogP contribution in [0.1, 0.15) is 38.1 Å². The number of aliphatic hydroxyl groups is 1. The molecule has 0 saturated carbocycles. The molecule has 0 amide bonds. The standard InChI is InChI=1S/C23H30N4O2.HI/c1-4-24-23(25-14-19-12-17-8-5-6-11-21(17)27-19)26-15-22(28)18-9-7-10-20(13-18)29-16(2)3;/h5-13,16,22,27-28H,4,14-15H2,1-3H3,(H2,24,25,26);1H. The molecule has 3 rings (SSSR count). The van der Waals surface area contributed by atoms with E-state index >= 15 is 0 Å². The summed E-state index contributed by atoms with van der Waals surface area (Å²) in [5.41, 5.74) is 2.96. The predicted molar refractivity (Wildman–Crippen MR) is 134 cm³/mol. The van der Waals surface area contributed by atoms with Gasteiger partial charge in [0.05, 0.1) is 18.8 Å². The minimum atomic E-state index is -0.664. The van der Waals surface area contributed by atoms with Crippen LogP contribution >= 0.6 is 24.0 Å². The molecule has 0 aliphatic carbocycles. The van der Waals surface area contributed by atoms with Gasteiger partial charge in [-0.25, -0.2) is 4.99 Å². The Morgan fingerprint density at radius 2 is 1.90 bits per heavy atom. The number of ether oxygens (including phenoxy) is 1. The van der Waals surface area contributed by atoms with E-state index in [4.69, 9.17) is 4.74 Å². The van der Waals surface area contributed by atoms with Crippen LogP contribution < -0.4 is 15.4 Å². The molecular formula is C23H31IN4O2. The van der Waals surface area contributed by atoms with Crippen molar-refractivity contribution in [2.75, 3.05) is 13.1 Å². The molecule has 1 heterocycles. The number of aromatic nitrogens is 1. The number of guanidine groups is 1. The molecule has 0 aliphatic rings. The van der Waals surface area contributed by atoms with E-state index in [0.29, 0.717) is 19.0 Å². The molecule has 0 radical (unpaired) electrons. The quantitative estimate of drug-likeness (QED) is 0.201. The van der Waals surface area contributed by atoms with Crippen molar-refractivity contribution in [3.05, 3.63) is 65.9 Å². The van der Waals surface area contributed by atoms with Crippen molar-refractivity contribution in [1.29, 1.82) is 0 Å². The summed E-state index contributed by atoms with van der Waals surface area (Å²) >= 11 is 0. The summed E-state index contributed by atoms with van der Waals surface area (Å²) in [6.45, 7) is 7.60. The fourth-order valence-corrected chi connectivity index (χ4v) is 3.10. The van der Waals surface area contributed by atoms with Crippen LogP contribution in [0.5, 0.6) is 5.75 Å². The molecule has 0 aliphatic heterocycles. The molecule has 4 N–H and O–H groups in total. The third-order valence-electron chi connectivity index (χ3n) is 4.41. The van der Waals surface area contributed by atoms with E-state index in [1.165, 1.54) is 5.39 Å². The first-order valence-corrected chi connectivity index (χ1v) is 10.1. The van der Waals surface area contributed by atoms with Crippen molar-refractivity contribution in [2.24, 2.45) is 4.99 Å². The van der Waals surface area contributed by atoms with Crippen molar-refractivity contribution < 1.29 is 9.84 Å². The SMILES string of the molecule is CCNC(=NCc1cc2ccccc2[nH]1)NCC(O)c1cccc(OC(C)C)c1.I. The minimum Gasteiger partial charge on any atom is -0.491 e. The van der Waals surface area contributed by atoms with E-state index in [2.05, 4.69) is 38.8 Å². The number of hydrogen-bond acceptors (Lipinski definition) is 3. The van der Waals surface area contributed by atoms with E-state index < -0.39 is 6.10 Å². The Kier molecular flexibility index (Phi) is 9.45. The maximum absolute atomic E-state index is 10.6. The average molecular weight is 522 g/mol. The highest BCUT2D eigenvalue weighted by Gasteiger charge is 2.10. The number of halogens is 1. The average Bonchev–Trinajstić information content (AvgIpc) is 3.12. The number of fused-ring (bicyclic) bond motifs is 1. The monoisotopic (exact) mass is 522 g/mol. The Balaban J connectivity index is 0.00000320. The van der Waals surface area contributed by atoms with Gasteiger partial charge in [0.2, 0.25) is 0 Å². The summed E-state index contributed by atoms with van der Waals surface area (Å²) in [6.07, 6.45) is -0.569. The van der Waals surface area contributed by atoms with Crippen molar-refractivity contribution >= 4 is 40.8 Å². The van der Waals surface area contributed by atoms with Crippen LogP contribution in [-0.4, -0.2) is 35.2 Å². The third kappa shape index (κ3) is 6.91. The number of nitrogens with zero attached hydrogens (tertiary/aromatic N) is 1. The normalized spacial score (nSPS) is 12.5. The number of para-hydroxylation sites is 1. The lowest BCUT2D eigenvalue weighted by atomic mass is 10.1. The zero-order chi connectivity index (χ0) is 20.6. The second-order valence-corrected chi connectivity index (χ2v) is 7.21. The van der Waals surface area contributed by atoms with E-state index in [9.17, 15) is 5.11 Å². The maximum atomic E-state index is 10.6. The lowest BCUT2D eigenvalue weighted by Crippen LogP contribution is -2.39. The van der Waals surface area contributed by atoms with Crippen molar-refractivity contribution in [2.45, 2.75) is 39.5 Å². The number of nitrogens with one attached hydrogen (secondary N) is 3. The van der Waals surface area contributed by atoms with Crippen molar-refractivity contribution in [3.63, 3.8) is 0 Å². The van der Waals surface area contributed by atoms with Crippen LogP contribution in [-0.2, 0) is 6.54 Å². The molecule has 2 aromatic carbocycles. The predicted octanol–water partition coefficient (Wildman–Crippen LogP) is 4.36. The fourth-order valence-electron chi connectivity index (χ4n) is 3.10. The van der Waals surface area contributed by atoms with E-state index in [1.54, 1.807) is 0 Å². The third-order valence-corrected chi connectivity index (χ3v) is 4.41. The molecule has 30 heavy (non-hydrogen) atoms. The molecule has 1 unspecified atom stereocenters. The smallest absolute Gasteiger partial charge is 0.191 e. The summed E-state index contributed by atoms with van der Waals surface area (Å²) in [4.78, 5) is 8.01. The highest BCUT2D eigenvalue weighted by molar-refractivity contribution is 14.0. The lowest BCUT2D eigenvalue weighted by Gasteiger charge is -2.17. The molecular weight excluding hydrogens is 491 g/mol. The first-order valence-electron chi connectivity index (χ1n) is 10.1. The number of benzene rings is 2. The van der Waals surface area contributed by atoms with Crippen molar-refractivity contribution in [3.8, 4) is 5.75 Å². The van der Waals surface area contributed by atoms with Gasteiger partial charge in [-0.15, -0.1) is 24.0 Å². The second-order valence-electron chi connectivity index (χ2n) is 7.21. The van der Waals surface area contributed by atoms with Crippen molar-refractivity contribution in [1.82, 2.24) is 15.6 Å². The van der Waals surface area contributed by atoms with Gasteiger partial charge < -0.3 is 25.5 Å². The lowest BCUT2D eigenvalue weighted by molar-refractivity contribution is 0.179. The molecule has 162 valence electrons. The summed E-state index contributed by atoms with van der Waals surface area (Å²) in [7, 11) is 0. The molecule has 3 aromatic rings. The Hall–Kier alpha value is -2.26. The van der Waals surface area contributed by atoms with Crippen LogP contribution in [0.25, 0.3) is 10.9 Å². The van der Waals surface area contributed by atoms with E-state index in [1.807, 2.05) is 57.2 Å². The van der Waals surface area contributed by atoms with Crippen LogP contribution in [0.4, 0.5) is 0 Å². The van der Waals surface area contributed by atoms with E-state index in [0.717, 1.165) is 29.1 Å². The molecule has 7 heteroatoms. The molecule has 0 saturated heterocycles. The van der Waals surface area contributed by atoms with Gasteiger partial charge in [-0.05, 0) is 56.0 Å². The van der Waals surface area contributed by atoms with Gasteiger partial charge in [-0.3, -0.25) is 0 Å². The topological polar surface area (TPSA) is 81.7 Å². The Labute approximate surface area is 195 Å². The van der Waals surface area contributed by atoms with Gasteiger partial charge >= 0.3 is 0 Å². The number of aliphatic hydroxyl groups excluding tert-OH is 1. The number of H-pyrrole nitrogens is 1. The second kappa shape index (κ2) is 11.8. The summed E-state index contributed by atoms with van der Waals surface area (Å²) in [6, 6.07) is 17.8. The summed E-state index contributed by atoms with van der Waals surface area (Å²) in [5, 5.41) is 18.2. The van der Waals surface area contributed by atoms with Crippen LogP contribution in [0, 0.1) is 0 Å². The number of aliphatic imine (C=N–C) groups is 1. The van der Waals surface area contributed by atoms with Gasteiger partial charge in [-0.2, -0.15) is 0 Å². The fraction of sp³-hybridized carbons (Fsp3) is 0.348. The number of rotatable bonds is 8. The maximum Gasteiger partial charge on any atom is 0.191 e. The highest BCUT2D eigenvalue weighted by atomic mass is 127. The minimum absolute atomic E-state index is 0. The Bertz CT molecular complexity index is 922. The molecule has 6 nitrogen and oxygen atoms in total. The number of aromatic amines is 1. The van der Waals surface area contributed by atoms with Crippen LogP contribution in [0.3, 0.4) is 0 Å². The molecule has 0 spiro atoms. The van der Waals surface area contributed by atoms with Crippen LogP contribution in [0.15, 0.2) is 59.6 Å². The first-order chi connectivity index (χ1) is 14.0. The largest absolute Gasteiger partial charge is 0.491 e. The number of hydrogen-bond donors (Lipinski definition) is 4. The zero-order valence-electron chi connectivity index (χ0n) is 17.7. The molecule has 0 bridgehead atoms. The molecule has 0 fully saturated rings. The zero-order valence-corrected chi connectivity index (χ0v) is 20.0. The first kappa shape index (κ1) is 24.0. The van der Waals surface area contributed by atoms with Crippen LogP contribution in [0.2, 0.25) is 0 Å². The van der Waals surface area contributed by atoms with Gasteiger partial charge in [0, 0.05) is 24.3 Å². The summed E-state index contributed by atoms with van der Waals surface area (Å²) in [5.74, 6) is 1.43. The van der Waals surface area contributed by atoms with Gasteiger partial charge in [-0.1, -0.05) is 30.3 Å². The Morgan fingerprint density at radius 1 is 1.10 bits per heavy atom. The van der Waals surface area contributed by atoms with Gasteiger partial charge in [0.1, 0.15) is 5.75 Å². The molecule has 1 aromatic heterocycles. The summed E-state index contributed by atoms with van der Waals surface area (Å²) < 4.78 is 5.71. The molecule has 1 atom stereocenters.